The molecular formula is C47H53F12N9O5. The molecule has 26 heteroatoms. The number of benzene rings is 2. The van der Waals surface area contributed by atoms with Gasteiger partial charge in [0.05, 0.1) is 35.4 Å². The number of alkyl halides is 10. The lowest BCUT2D eigenvalue weighted by Crippen LogP contribution is -2.64. The van der Waals surface area contributed by atoms with Gasteiger partial charge in [0.15, 0.2) is 0 Å². The van der Waals surface area contributed by atoms with Gasteiger partial charge >= 0.3 is 25.5 Å². The molecule has 2 heterocycles. The van der Waals surface area contributed by atoms with Crippen LogP contribution in [0.25, 0.3) is 22.3 Å². The number of aliphatic hydroxyl groups excluding tert-OH is 1. The van der Waals surface area contributed by atoms with Crippen LogP contribution in [-0.4, -0.2) is 96.4 Å². The highest BCUT2D eigenvalue weighted by atomic mass is 19.4. The van der Waals surface area contributed by atoms with Crippen molar-refractivity contribution < 1.29 is 77.0 Å². The predicted molar refractivity (Wildman–Crippen MR) is 236 cm³/mol. The predicted octanol–water partition coefficient (Wildman–Crippen LogP) is 8.15. The second-order valence-corrected chi connectivity index (χ2v) is 20.2. The molecule has 6 rings (SSSR count). The van der Waals surface area contributed by atoms with Crippen molar-refractivity contribution >= 4 is 23.6 Å². The van der Waals surface area contributed by atoms with Crippen molar-refractivity contribution in [3.05, 3.63) is 83.9 Å². The second-order valence-electron chi connectivity index (χ2n) is 20.2. The summed E-state index contributed by atoms with van der Waals surface area (Å²) >= 11 is 0. The van der Waals surface area contributed by atoms with E-state index in [1.807, 2.05) is 0 Å². The molecule has 5 N–H and O–H groups in total. The van der Waals surface area contributed by atoms with Crippen LogP contribution in [0.1, 0.15) is 91.5 Å². The Morgan fingerprint density at radius 2 is 1.10 bits per heavy atom. The third kappa shape index (κ3) is 12.6. The highest BCUT2D eigenvalue weighted by Gasteiger charge is 2.59. The van der Waals surface area contributed by atoms with E-state index >= 15 is 8.78 Å². The summed E-state index contributed by atoms with van der Waals surface area (Å²) in [6.45, 7) is -2.95. The lowest BCUT2D eigenvalue weighted by molar-refractivity contribution is -0.222. The average Bonchev–Trinajstić information content (AvgIpc) is 4.06. The average molecular weight is 1050 g/mol. The number of nitrogens with zero attached hydrogens (tertiary/aromatic N) is 5. The number of aliphatic hydroxyl groups is 1. The van der Waals surface area contributed by atoms with E-state index in [1.54, 1.807) is 0 Å². The van der Waals surface area contributed by atoms with Crippen LogP contribution in [-0.2, 0) is 32.1 Å². The minimum atomic E-state index is -5.19. The smallest absolute Gasteiger partial charge is 0.390 e. The van der Waals surface area contributed by atoms with Gasteiger partial charge in [0.2, 0.25) is 17.7 Å². The first-order valence-electron chi connectivity index (χ1n) is 22.7. The van der Waals surface area contributed by atoms with E-state index < -0.39 is 132 Å². The topological polar surface area (TPSA) is 176 Å². The maximum absolute atomic E-state index is 16.1. The van der Waals surface area contributed by atoms with E-state index in [1.165, 1.54) is 38.1 Å². The van der Waals surface area contributed by atoms with Crippen LogP contribution in [0.2, 0.25) is 0 Å². The Bertz CT molecular complexity index is 2640. The van der Waals surface area contributed by atoms with Crippen LogP contribution in [0.3, 0.4) is 0 Å². The van der Waals surface area contributed by atoms with Gasteiger partial charge in [-0.2, -0.15) is 54.1 Å². The minimum absolute atomic E-state index is 0.174. The SMILES string of the molecule is CC1(C(=O)NC(C(=O)N[C@@H](Cc2ccc(-c3cnn(C(F)F)c3)cc2)[C@@H](O)CN(Cc2c(F)cc(-c3cnn(C(F)F)c3)cc2F)NC(=O)C(NC(=O)C2(C)CC2)C(C)(C)C(F)(F)F)C(C)(C)C(F)(F)F)CC1. The molecule has 4 amide bonds. The minimum Gasteiger partial charge on any atom is -0.390 e. The Balaban J connectivity index is 1.40. The fourth-order valence-electron chi connectivity index (χ4n) is 7.57. The molecule has 2 aromatic carbocycles. The molecule has 73 heavy (non-hydrogen) atoms. The zero-order valence-corrected chi connectivity index (χ0v) is 40.0. The molecule has 2 aliphatic carbocycles. The molecule has 2 aromatic heterocycles. The zero-order valence-electron chi connectivity index (χ0n) is 40.0. The summed E-state index contributed by atoms with van der Waals surface area (Å²) in [6.07, 6.45) is -8.07. The molecule has 0 bridgehead atoms. The van der Waals surface area contributed by atoms with Crippen molar-refractivity contribution in [1.82, 2.24) is 45.9 Å². The van der Waals surface area contributed by atoms with Crippen LogP contribution >= 0.6 is 0 Å². The van der Waals surface area contributed by atoms with Gasteiger partial charge in [-0.25, -0.2) is 23.2 Å². The number of hydrogen-bond acceptors (Lipinski definition) is 8. The van der Waals surface area contributed by atoms with Crippen LogP contribution in [0, 0.1) is 33.3 Å². The second kappa shape index (κ2) is 20.6. The fourth-order valence-corrected chi connectivity index (χ4v) is 7.57. The van der Waals surface area contributed by atoms with Crippen LogP contribution in [0.4, 0.5) is 52.7 Å². The van der Waals surface area contributed by atoms with E-state index in [2.05, 4.69) is 31.6 Å². The van der Waals surface area contributed by atoms with Crippen LogP contribution in [0.15, 0.2) is 61.2 Å². The summed E-state index contributed by atoms with van der Waals surface area (Å²) in [5, 5.41) is 26.3. The number of rotatable bonds is 21. The molecule has 2 aliphatic rings. The molecule has 4 aromatic rings. The Labute approximate surface area is 410 Å². The van der Waals surface area contributed by atoms with Gasteiger partial charge in [0, 0.05) is 53.0 Å². The van der Waals surface area contributed by atoms with Crippen molar-refractivity contribution in [2.45, 2.75) is 130 Å². The maximum Gasteiger partial charge on any atom is 0.396 e. The summed E-state index contributed by atoms with van der Waals surface area (Å²) in [4.78, 5) is 54.9. The molecule has 0 radical (unpaired) electrons. The zero-order chi connectivity index (χ0) is 54.4. The number of hydrogen-bond donors (Lipinski definition) is 5. The number of halogens is 12. The van der Waals surface area contributed by atoms with Crippen molar-refractivity contribution in [3.8, 4) is 22.3 Å². The molecule has 2 saturated carbocycles. The molecule has 0 aliphatic heterocycles. The van der Waals surface area contributed by atoms with E-state index in [4.69, 9.17) is 0 Å². The first kappa shape index (κ1) is 56.1. The van der Waals surface area contributed by atoms with Gasteiger partial charge in [0.25, 0.3) is 5.91 Å². The third-order valence-electron chi connectivity index (χ3n) is 13.7. The summed E-state index contributed by atoms with van der Waals surface area (Å²) in [5.41, 5.74) is -6.80. The lowest BCUT2D eigenvalue weighted by Gasteiger charge is -2.39. The Kier molecular flexibility index (Phi) is 15.8. The number of nitrogens with one attached hydrogen (secondary N) is 4. The summed E-state index contributed by atoms with van der Waals surface area (Å²) in [6, 6.07) is 0.389. The number of aromatic nitrogens is 4. The Hall–Kier alpha value is -6.18. The van der Waals surface area contributed by atoms with Crippen molar-refractivity contribution in [1.29, 1.82) is 0 Å². The standard InChI is InChI=1S/C47H53F12N9O5/c1-42(2,46(54,55)56)34(63-38(72)44(5)11-12-44)36(70)62-32(15-24-7-9-25(10-8-24)27-18-60-67(20-27)40(50)51)33(69)23-66(22-29-30(48)16-26(17-31(29)49)28-19-61-68(21-28)41(52)53)65-37(71)35(43(3,4)47(57,58)59)64-39(73)45(6)13-14-45/h7-10,16-21,32-35,40-41,69H,11-15,22-23H2,1-6H3,(H,62,70)(H,63,72)(H,64,73)(H,65,71)/t32-,33-,34?,35?/m0/s1. The first-order chi connectivity index (χ1) is 33.7. The molecule has 2 unspecified atom stereocenters. The number of hydrazine groups is 1. The van der Waals surface area contributed by atoms with Gasteiger partial charge in [-0.05, 0) is 88.6 Å². The Morgan fingerprint density at radius 1 is 0.671 bits per heavy atom. The lowest BCUT2D eigenvalue weighted by atomic mass is 9.82. The van der Waals surface area contributed by atoms with Gasteiger partial charge < -0.3 is 21.1 Å². The monoisotopic (exact) mass is 1050 g/mol. The van der Waals surface area contributed by atoms with E-state index in [9.17, 15) is 68.2 Å². The van der Waals surface area contributed by atoms with Crippen molar-refractivity contribution in [2.75, 3.05) is 6.54 Å². The highest BCUT2D eigenvalue weighted by Crippen LogP contribution is 2.48. The molecular weight excluding hydrogens is 999 g/mol. The molecule has 0 spiro atoms. The Morgan fingerprint density at radius 3 is 1.49 bits per heavy atom. The first-order valence-corrected chi connectivity index (χ1v) is 22.7. The number of amides is 4. The summed E-state index contributed by atoms with van der Waals surface area (Å²) in [7, 11) is 0. The quantitative estimate of drug-likeness (QED) is 0.0411. The van der Waals surface area contributed by atoms with Crippen molar-refractivity contribution in [2.24, 2.45) is 21.7 Å². The number of carbonyl (C=O) groups excluding carboxylic acids is 4. The molecule has 14 nitrogen and oxygen atoms in total. The summed E-state index contributed by atoms with van der Waals surface area (Å²) in [5.74, 6) is -7.73. The van der Waals surface area contributed by atoms with Crippen molar-refractivity contribution in [3.63, 3.8) is 0 Å². The maximum atomic E-state index is 16.1. The van der Waals surface area contributed by atoms with E-state index in [-0.39, 0.29) is 39.8 Å². The van der Waals surface area contributed by atoms with Crippen LogP contribution in [0.5, 0.6) is 0 Å². The van der Waals surface area contributed by atoms with Crippen LogP contribution < -0.4 is 21.4 Å². The largest absolute Gasteiger partial charge is 0.396 e. The fraction of sp³-hybridized carbons (Fsp3) is 0.532. The van der Waals surface area contributed by atoms with E-state index in [0.717, 1.165) is 24.8 Å². The van der Waals surface area contributed by atoms with E-state index in [0.29, 0.717) is 67.9 Å². The number of carbonyl (C=O) groups is 4. The van der Waals surface area contributed by atoms with Gasteiger partial charge in [-0.1, -0.05) is 38.1 Å². The van der Waals surface area contributed by atoms with Gasteiger partial charge in [-0.3, -0.25) is 24.6 Å². The third-order valence-corrected chi connectivity index (χ3v) is 13.7. The normalized spacial score (nSPS) is 17.2. The molecule has 0 saturated heterocycles. The van der Waals surface area contributed by atoms with Gasteiger partial charge in [-0.15, -0.1) is 0 Å². The molecule has 400 valence electrons. The highest BCUT2D eigenvalue weighted by molar-refractivity contribution is 5.92. The summed E-state index contributed by atoms with van der Waals surface area (Å²) < 4.78 is 174. The molecule has 4 atom stereocenters. The molecule has 2 fully saturated rings. The van der Waals surface area contributed by atoms with Gasteiger partial charge in [0.1, 0.15) is 23.7 Å².